The van der Waals surface area contributed by atoms with Crippen molar-refractivity contribution in [3.63, 3.8) is 0 Å². The minimum absolute atomic E-state index is 0. The van der Waals surface area contributed by atoms with E-state index in [9.17, 15) is 5.26 Å². The summed E-state index contributed by atoms with van der Waals surface area (Å²) in [5.74, 6) is 0.691. The molecule has 10 heteroatoms. The number of nitrogens with zero attached hydrogens (tertiary/aromatic N) is 6. The Morgan fingerprint density at radius 3 is 2.52 bits per heavy atom. The van der Waals surface area contributed by atoms with Gasteiger partial charge in [-0.15, -0.1) is 37.2 Å². The van der Waals surface area contributed by atoms with Gasteiger partial charge in [0, 0.05) is 17.3 Å². The van der Waals surface area contributed by atoms with Crippen molar-refractivity contribution >= 4 is 53.9 Å². The number of imidazole rings is 1. The van der Waals surface area contributed by atoms with E-state index in [1.807, 2.05) is 41.0 Å². The lowest BCUT2D eigenvalue weighted by Gasteiger charge is -2.07. The SMILES string of the molecule is Cl.Cl.Cl.[C-]#[N+]c1ccc(-n2cnc3ccc(-c4cn[nH]c4-c4cccc(C#N)c4)cc32)nc1. The Morgan fingerprint density at radius 1 is 0.939 bits per heavy atom. The molecule has 0 aliphatic heterocycles. The Kier molecular flexibility index (Phi) is 8.17. The van der Waals surface area contributed by atoms with Gasteiger partial charge in [0.25, 0.3) is 0 Å². The number of halogens is 3. The van der Waals surface area contributed by atoms with Gasteiger partial charge in [-0.2, -0.15) is 10.4 Å². The summed E-state index contributed by atoms with van der Waals surface area (Å²) >= 11 is 0. The molecule has 5 rings (SSSR count). The number of benzene rings is 2. The van der Waals surface area contributed by atoms with Gasteiger partial charge in [0.05, 0.1) is 41.1 Å². The lowest BCUT2D eigenvalue weighted by molar-refractivity contribution is 1.02. The second-order valence-electron chi connectivity index (χ2n) is 6.66. The second kappa shape index (κ2) is 10.6. The molecule has 0 atom stereocenters. The van der Waals surface area contributed by atoms with Crippen molar-refractivity contribution in [1.82, 2.24) is 24.7 Å². The molecule has 0 fully saturated rings. The molecule has 164 valence electrons. The van der Waals surface area contributed by atoms with Crippen LogP contribution in [0.3, 0.4) is 0 Å². The zero-order valence-corrected chi connectivity index (χ0v) is 19.3. The van der Waals surface area contributed by atoms with Gasteiger partial charge >= 0.3 is 0 Å². The normalized spacial score (nSPS) is 9.64. The smallest absolute Gasteiger partial charge is 0.205 e. The maximum Gasteiger partial charge on any atom is 0.205 e. The molecule has 7 nitrogen and oxygen atoms in total. The van der Waals surface area contributed by atoms with Gasteiger partial charge in [0.15, 0.2) is 0 Å². The molecule has 5 aromatic rings. The minimum Gasteiger partial charge on any atom is -0.283 e. The first-order valence-electron chi connectivity index (χ1n) is 9.12. The van der Waals surface area contributed by atoms with Crippen LogP contribution in [0.15, 0.2) is 73.3 Å². The Balaban J connectivity index is 0.00000128. The van der Waals surface area contributed by atoms with E-state index < -0.39 is 0 Å². The fraction of sp³-hybridized carbons (Fsp3) is 0. The van der Waals surface area contributed by atoms with Crippen LogP contribution < -0.4 is 0 Å². The average Bonchev–Trinajstić information content (AvgIpc) is 3.46. The minimum atomic E-state index is 0. The van der Waals surface area contributed by atoms with Gasteiger partial charge < -0.3 is 0 Å². The van der Waals surface area contributed by atoms with Gasteiger partial charge in [0.1, 0.15) is 12.1 Å². The van der Waals surface area contributed by atoms with Crippen molar-refractivity contribution in [1.29, 1.82) is 5.26 Å². The molecule has 0 saturated carbocycles. The monoisotopic (exact) mass is 495 g/mol. The van der Waals surface area contributed by atoms with E-state index in [0.29, 0.717) is 17.1 Å². The molecule has 0 aliphatic rings. The van der Waals surface area contributed by atoms with Crippen LogP contribution in [0.5, 0.6) is 0 Å². The molecule has 0 amide bonds. The molecule has 0 spiro atoms. The average molecular weight is 497 g/mol. The third-order valence-corrected chi connectivity index (χ3v) is 4.89. The highest BCUT2D eigenvalue weighted by molar-refractivity contribution is 5.88. The molecular weight excluding hydrogens is 481 g/mol. The fourth-order valence-corrected chi connectivity index (χ4v) is 3.41. The van der Waals surface area contributed by atoms with Crippen LogP contribution in [0.2, 0.25) is 0 Å². The highest BCUT2D eigenvalue weighted by atomic mass is 35.5. The summed E-state index contributed by atoms with van der Waals surface area (Å²) < 4.78 is 1.89. The summed E-state index contributed by atoms with van der Waals surface area (Å²) in [6.07, 6.45) is 5.05. The van der Waals surface area contributed by atoms with Gasteiger partial charge in [-0.1, -0.05) is 24.3 Å². The van der Waals surface area contributed by atoms with Gasteiger partial charge in [-0.25, -0.2) is 9.83 Å². The Labute approximate surface area is 208 Å². The van der Waals surface area contributed by atoms with Crippen LogP contribution >= 0.6 is 37.2 Å². The lowest BCUT2D eigenvalue weighted by atomic mass is 10.0. The first kappa shape index (κ1) is 25.4. The number of hydrogen-bond acceptors (Lipinski definition) is 4. The van der Waals surface area contributed by atoms with Crippen LogP contribution in [-0.2, 0) is 0 Å². The van der Waals surface area contributed by atoms with Crippen LogP contribution in [0.1, 0.15) is 5.56 Å². The van der Waals surface area contributed by atoms with E-state index in [1.165, 1.54) is 0 Å². The third-order valence-electron chi connectivity index (χ3n) is 4.89. The number of aromatic amines is 1. The summed E-state index contributed by atoms with van der Waals surface area (Å²) in [4.78, 5) is 12.2. The Morgan fingerprint density at radius 2 is 1.79 bits per heavy atom. The number of pyridine rings is 1. The number of rotatable bonds is 3. The van der Waals surface area contributed by atoms with Crippen molar-refractivity contribution in [3.05, 3.63) is 90.3 Å². The molecule has 33 heavy (non-hydrogen) atoms. The first-order valence-corrected chi connectivity index (χ1v) is 9.12. The van der Waals surface area contributed by atoms with Crippen molar-refractivity contribution in [3.8, 4) is 34.3 Å². The molecule has 0 saturated heterocycles. The zero-order valence-electron chi connectivity index (χ0n) is 16.8. The number of aromatic nitrogens is 5. The maximum atomic E-state index is 9.20. The van der Waals surface area contributed by atoms with Crippen LogP contribution in [0.4, 0.5) is 5.69 Å². The molecular formula is C23H16Cl3N7. The fourth-order valence-electron chi connectivity index (χ4n) is 3.41. The summed E-state index contributed by atoms with van der Waals surface area (Å²) in [6, 6.07) is 19.1. The van der Waals surface area contributed by atoms with Crippen molar-refractivity contribution < 1.29 is 0 Å². The molecule has 0 aliphatic carbocycles. The van der Waals surface area contributed by atoms with Crippen LogP contribution in [0.25, 0.3) is 44.1 Å². The Bertz CT molecular complexity index is 1470. The topological polar surface area (TPSA) is 87.5 Å². The molecule has 2 aromatic carbocycles. The standard InChI is InChI=1S/C23H13N7.3ClH/c1-25-18-6-8-22(26-12-18)30-14-27-20-7-5-16(10-21(20)30)19-13-28-29-23(19)17-4-2-3-15(9-17)11-24;;;/h2-10,12-14H,(H,28,29);3*1H. The lowest BCUT2D eigenvalue weighted by Crippen LogP contribution is -1.95. The maximum absolute atomic E-state index is 9.20. The van der Waals surface area contributed by atoms with Gasteiger partial charge in [-0.3, -0.25) is 14.6 Å². The summed E-state index contributed by atoms with van der Waals surface area (Å²) in [5.41, 5.74) is 6.45. The largest absolute Gasteiger partial charge is 0.283 e. The predicted molar refractivity (Wildman–Crippen MR) is 135 cm³/mol. The summed E-state index contributed by atoms with van der Waals surface area (Å²) in [7, 11) is 0. The highest BCUT2D eigenvalue weighted by Crippen LogP contribution is 2.32. The number of H-pyrrole nitrogens is 1. The second-order valence-corrected chi connectivity index (χ2v) is 6.66. The van der Waals surface area contributed by atoms with Crippen LogP contribution in [0, 0.1) is 17.9 Å². The van der Waals surface area contributed by atoms with E-state index in [-0.39, 0.29) is 37.2 Å². The van der Waals surface area contributed by atoms with Crippen molar-refractivity contribution in [2.75, 3.05) is 0 Å². The van der Waals surface area contributed by atoms with Crippen molar-refractivity contribution in [2.24, 2.45) is 0 Å². The molecule has 1 N–H and O–H groups in total. The number of nitrogens with one attached hydrogen (secondary N) is 1. The van der Waals surface area contributed by atoms with Gasteiger partial charge in [-0.05, 0) is 35.9 Å². The number of fused-ring (bicyclic) bond motifs is 1. The molecule has 0 bridgehead atoms. The Hall–Kier alpha value is -3.88. The molecule has 0 radical (unpaired) electrons. The van der Waals surface area contributed by atoms with E-state index in [2.05, 4.69) is 31.1 Å². The summed E-state index contributed by atoms with van der Waals surface area (Å²) in [5, 5.41) is 16.5. The van der Waals surface area contributed by atoms with Gasteiger partial charge in [0.2, 0.25) is 5.69 Å². The van der Waals surface area contributed by atoms with E-state index in [1.54, 1.807) is 36.9 Å². The predicted octanol–water partition coefficient (Wildman–Crippen LogP) is 6.17. The number of hydrogen-bond donors (Lipinski definition) is 1. The van der Waals surface area contributed by atoms with E-state index >= 15 is 0 Å². The summed E-state index contributed by atoms with van der Waals surface area (Å²) in [6.45, 7) is 7.08. The molecule has 3 aromatic heterocycles. The molecule has 0 unspecified atom stereocenters. The highest BCUT2D eigenvalue weighted by Gasteiger charge is 2.13. The quantitative estimate of drug-likeness (QED) is 0.303. The van der Waals surface area contributed by atoms with Crippen molar-refractivity contribution in [2.45, 2.75) is 0 Å². The van der Waals surface area contributed by atoms with Crippen LogP contribution in [-0.4, -0.2) is 24.7 Å². The van der Waals surface area contributed by atoms with E-state index in [0.717, 1.165) is 33.4 Å². The first-order chi connectivity index (χ1) is 14.8. The third kappa shape index (κ3) is 4.67. The molecule has 3 heterocycles. The van der Waals surface area contributed by atoms with E-state index in [4.69, 9.17) is 6.57 Å². The zero-order chi connectivity index (χ0) is 20.5. The number of nitriles is 1.